The molecule has 0 N–H and O–H groups in total. The quantitative estimate of drug-likeness (QED) is 0.711. The fourth-order valence-corrected chi connectivity index (χ4v) is 2.99. The van der Waals surface area contributed by atoms with E-state index in [-0.39, 0.29) is 23.8 Å². The third kappa shape index (κ3) is 1.15. The van der Waals surface area contributed by atoms with Gasteiger partial charge in [0.25, 0.3) is 0 Å². The minimum atomic E-state index is -0.216. The van der Waals surface area contributed by atoms with Gasteiger partial charge in [-0.3, -0.25) is 9.59 Å². The summed E-state index contributed by atoms with van der Waals surface area (Å²) >= 11 is 0. The summed E-state index contributed by atoms with van der Waals surface area (Å²) in [6.45, 7) is 7.94. The molecule has 0 spiro atoms. The Hall–Kier alpha value is -2.26. The maximum Gasteiger partial charge on any atom is 0.186 e. The molecule has 1 aromatic carbocycles. The average Bonchev–Trinajstić information content (AvgIpc) is 2.91. The monoisotopic (exact) mass is 250 g/mol. The topological polar surface area (TPSA) is 43.4 Å². The third-order valence-corrected chi connectivity index (χ3v) is 4.02. The van der Waals surface area contributed by atoms with Crippen molar-refractivity contribution in [2.75, 3.05) is 0 Å². The van der Waals surface area contributed by atoms with Gasteiger partial charge in [-0.05, 0) is 46.6 Å². The normalized spacial score (nSPS) is 26.9. The lowest BCUT2D eigenvalue weighted by molar-refractivity contribution is 0.0904. The van der Waals surface area contributed by atoms with E-state index in [4.69, 9.17) is 4.74 Å². The highest BCUT2D eigenvalue weighted by atomic mass is 16.5. The van der Waals surface area contributed by atoms with E-state index in [1.807, 2.05) is 0 Å². The summed E-state index contributed by atoms with van der Waals surface area (Å²) in [5, 5.41) is 0. The van der Waals surface area contributed by atoms with E-state index in [2.05, 4.69) is 13.2 Å². The molecule has 1 fully saturated rings. The van der Waals surface area contributed by atoms with Gasteiger partial charge in [0, 0.05) is 11.1 Å². The molecule has 4 rings (SSSR count). The summed E-state index contributed by atoms with van der Waals surface area (Å²) in [5.41, 5.74) is 4.53. The average molecular weight is 250 g/mol. The van der Waals surface area contributed by atoms with E-state index < -0.39 is 0 Å². The number of ketones is 2. The maximum absolute atomic E-state index is 11.9. The molecular weight excluding hydrogens is 240 g/mol. The number of hydrogen-bond acceptors (Lipinski definition) is 3. The lowest BCUT2D eigenvalue weighted by atomic mass is 9.81. The van der Waals surface area contributed by atoms with Crippen LogP contribution in [0.2, 0.25) is 0 Å². The molecule has 1 saturated heterocycles. The van der Waals surface area contributed by atoms with Crippen LogP contribution >= 0.6 is 0 Å². The number of carbonyl (C=O) groups is 2. The van der Waals surface area contributed by atoms with Gasteiger partial charge < -0.3 is 4.74 Å². The van der Waals surface area contributed by atoms with Crippen molar-refractivity contribution in [1.82, 2.24) is 0 Å². The summed E-state index contributed by atoms with van der Waals surface area (Å²) in [4.78, 5) is 23.7. The second kappa shape index (κ2) is 3.19. The zero-order valence-corrected chi connectivity index (χ0v) is 10.1. The Morgan fingerprint density at radius 3 is 1.68 bits per heavy atom. The highest BCUT2D eigenvalue weighted by Gasteiger charge is 2.44. The van der Waals surface area contributed by atoms with Crippen LogP contribution in [0.4, 0.5) is 0 Å². The Bertz CT molecular complexity index is 676. The Balaban J connectivity index is 1.99. The van der Waals surface area contributed by atoms with Crippen molar-refractivity contribution in [2.45, 2.75) is 12.2 Å². The van der Waals surface area contributed by atoms with Crippen LogP contribution in [0.3, 0.4) is 0 Å². The fourth-order valence-electron chi connectivity index (χ4n) is 2.99. The number of allylic oxidation sites excluding steroid dienone is 2. The molecule has 2 bridgehead atoms. The van der Waals surface area contributed by atoms with Gasteiger partial charge in [-0.25, -0.2) is 0 Å². The summed E-state index contributed by atoms with van der Waals surface area (Å²) in [7, 11) is 0. The van der Waals surface area contributed by atoms with Crippen LogP contribution in [-0.4, -0.2) is 11.6 Å². The van der Waals surface area contributed by atoms with Gasteiger partial charge in [-0.2, -0.15) is 0 Å². The van der Waals surface area contributed by atoms with Gasteiger partial charge in [-0.1, -0.05) is 13.2 Å². The summed E-state index contributed by atoms with van der Waals surface area (Å²) in [6, 6.07) is 3.55. The molecule has 2 heterocycles. The largest absolute Gasteiger partial charge is 0.356 e. The SMILES string of the molecule is C=C1C(=C)C2OC1c1cc3c(cc12)C(=O)C=CC3=O. The highest BCUT2D eigenvalue weighted by molar-refractivity contribution is 6.22. The molecule has 0 amide bonds. The number of fused-ring (bicyclic) bond motifs is 6. The van der Waals surface area contributed by atoms with Crippen LogP contribution in [0.15, 0.2) is 48.6 Å². The molecule has 1 aromatic rings. The lowest BCUT2D eigenvalue weighted by Gasteiger charge is -2.19. The van der Waals surface area contributed by atoms with Crippen LogP contribution in [0.1, 0.15) is 44.1 Å². The molecule has 0 saturated carbocycles. The fraction of sp³-hybridized carbons (Fsp3) is 0.125. The number of rotatable bonds is 0. The lowest BCUT2D eigenvalue weighted by Crippen LogP contribution is -2.14. The molecule has 2 atom stereocenters. The van der Waals surface area contributed by atoms with Crippen LogP contribution in [0, 0.1) is 0 Å². The predicted molar refractivity (Wildman–Crippen MR) is 69.1 cm³/mol. The Morgan fingerprint density at radius 1 is 0.842 bits per heavy atom. The number of carbonyl (C=O) groups excluding carboxylic acids is 2. The van der Waals surface area contributed by atoms with Crippen molar-refractivity contribution in [3.05, 3.63) is 70.8 Å². The number of benzene rings is 1. The van der Waals surface area contributed by atoms with Crippen LogP contribution in [0.25, 0.3) is 0 Å². The van der Waals surface area contributed by atoms with Crippen LogP contribution in [0.5, 0.6) is 0 Å². The smallest absolute Gasteiger partial charge is 0.186 e. The molecule has 3 aliphatic rings. The van der Waals surface area contributed by atoms with Crippen molar-refractivity contribution in [3.63, 3.8) is 0 Å². The summed E-state index contributed by atoms with van der Waals surface area (Å²) < 4.78 is 5.82. The Labute approximate surface area is 109 Å². The van der Waals surface area contributed by atoms with Gasteiger partial charge >= 0.3 is 0 Å². The van der Waals surface area contributed by atoms with Crippen LogP contribution in [-0.2, 0) is 4.74 Å². The van der Waals surface area contributed by atoms with E-state index in [0.717, 1.165) is 22.3 Å². The predicted octanol–water partition coefficient (Wildman–Crippen LogP) is 2.86. The molecule has 92 valence electrons. The maximum atomic E-state index is 11.9. The second-order valence-electron chi connectivity index (χ2n) is 5.04. The molecule has 2 unspecified atom stereocenters. The van der Waals surface area contributed by atoms with Crippen molar-refractivity contribution in [1.29, 1.82) is 0 Å². The first-order valence-electron chi connectivity index (χ1n) is 6.06. The van der Waals surface area contributed by atoms with E-state index in [9.17, 15) is 9.59 Å². The van der Waals surface area contributed by atoms with Gasteiger partial charge in [0.15, 0.2) is 11.6 Å². The first kappa shape index (κ1) is 10.6. The number of ether oxygens (including phenoxy) is 1. The van der Waals surface area contributed by atoms with E-state index in [1.165, 1.54) is 12.2 Å². The molecule has 0 aromatic heterocycles. The second-order valence-corrected chi connectivity index (χ2v) is 5.04. The zero-order valence-electron chi connectivity index (χ0n) is 10.1. The van der Waals surface area contributed by atoms with Crippen molar-refractivity contribution in [2.24, 2.45) is 0 Å². The Kier molecular flexibility index (Phi) is 1.79. The highest BCUT2D eigenvalue weighted by Crippen LogP contribution is 2.56. The molecule has 0 radical (unpaired) electrons. The number of hydrogen-bond donors (Lipinski definition) is 0. The Morgan fingerprint density at radius 2 is 1.26 bits per heavy atom. The molecule has 2 aliphatic heterocycles. The van der Waals surface area contributed by atoms with E-state index >= 15 is 0 Å². The van der Waals surface area contributed by atoms with E-state index in [0.29, 0.717) is 11.1 Å². The molecular formula is C16H10O3. The minimum Gasteiger partial charge on any atom is -0.356 e. The van der Waals surface area contributed by atoms with Crippen molar-refractivity contribution >= 4 is 11.6 Å². The third-order valence-electron chi connectivity index (χ3n) is 4.02. The molecule has 3 nitrogen and oxygen atoms in total. The van der Waals surface area contributed by atoms with Gasteiger partial charge in [0.05, 0.1) is 0 Å². The summed E-state index contributed by atoms with van der Waals surface area (Å²) in [5.74, 6) is -0.269. The summed E-state index contributed by atoms with van der Waals surface area (Å²) in [6.07, 6.45) is 2.20. The standard InChI is InChI=1S/C16H10O3/c1-7-8(2)16-12-6-10-9(5-11(12)15(7)19-16)13(17)3-4-14(10)18/h3-6,15-16H,1-2H2. The molecule has 19 heavy (non-hydrogen) atoms. The van der Waals surface area contributed by atoms with E-state index in [1.54, 1.807) is 12.1 Å². The van der Waals surface area contributed by atoms with Crippen LogP contribution < -0.4 is 0 Å². The first-order valence-corrected chi connectivity index (χ1v) is 6.06. The van der Waals surface area contributed by atoms with Crippen molar-refractivity contribution < 1.29 is 14.3 Å². The molecule has 1 aliphatic carbocycles. The zero-order chi connectivity index (χ0) is 13.3. The van der Waals surface area contributed by atoms with Gasteiger partial charge in [-0.15, -0.1) is 0 Å². The molecule has 3 heteroatoms. The van der Waals surface area contributed by atoms with Gasteiger partial charge in [0.2, 0.25) is 0 Å². The minimum absolute atomic E-state index is 0.135. The van der Waals surface area contributed by atoms with Gasteiger partial charge in [0.1, 0.15) is 12.2 Å². The van der Waals surface area contributed by atoms with Crippen molar-refractivity contribution in [3.8, 4) is 0 Å². The first-order chi connectivity index (χ1) is 9.08.